The Morgan fingerprint density at radius 2 is 1.97 bits per heavy atom. The Morgan fingerprint density at radius 1 is 1.18 bits per heavy atom. The molecule has 34 heavy (non-hydrogen) atoms. The number of rotatable bonds is 6. The number of ether oxygens (including phenoxy) is 1. The van der Waals surface area contributed by atoms with Crippen LogP contribution in [0.15, 0.2) is 42.7 Å². The number of hydrogen-bond donors (Lipinski definition) is 1. The van der Waals surface area contributed by atoms with E-state index in [2.05, 4.69) is 28.0 Å². The van der Waals surface area contributed by atoms with Crippen LogP contribution in [0.2, 0.25) is 0 Å². The molecule has 3 aromatic heterocycles. The summed E-state index contributed by atoms with van der Waals surface area (Å²) in [5, 5.41) is 5.62. The zero-order chi connectivity index (χ0) is 23.8. The molecule has 1 fully saturated rings. The van der Waals surface area contributed by atoms with E-state index in [0.717, 1.165) is 71.3 Å². The minimum atomic E-state index is -2.52. The molecule has 5 rings (SSSR count). The zero-order valence-corrected chi connectivity index (χ0v) is 19.7. The molecule has 4 aromatic rings. The molecule has 8 heteroatoms. The van der Waals surface area contributed by atoms with E-state index in [4.69, 9.17) is 9.84 Å². The van der Waals surface area contributed by atoms with Gasteiger partial charge in [0.2, 0.25) is 5.88 Å². The number of H-pyrrole nitrogens is 1. The van der Waals surface area contributed by atoms with Gasteiger partial charge in [-0.15, -0.1) is 5.10 Å². The lowest BCUT2D eigenvalue weighted by molar-refractivity contribution is 0.151. The van der Waals surface area contributed by atoms with Gasteiger partial charge in [0.25, 0.3) is 6.43 Å². The average Bonchev–Trinajstić information content (AvgIpc) is 3.45. The second kappa shape index (κ2) is 9.18. The van der Waals surface area contributed by atoms with Crippen LogP contribution in [0.25, 0.3) is 33.3 Å². The van der Waals surface area contributed by atoms with Gasteiger partial charge < -0.3 is 14.6 Å². The van der Waals surface area contributed by atoms with Crippen LogP contribution in [0.4, 0.5) is 8.78 Å². The highest BCUT2D eigenvalue weighted by atomic mass is 19.3. The van der Waals surface area contributed by atoms with Gasteiger partial charge in [-0.25, -0.2) is 13.8 Å². The Bertz CT molecular complexity index is 1300. The molecule has 178 valence electrons. The maximum absolute atomic E-state index is 13.4. The number of hydrogen-bond acceptors (Lipinski definition) is 4. The van der Waals surface area contributed by atoms with Crippen molar-refractivity contribution in [3.05, 3.63) is 54.0 Å². The number of nitrogens with zero attached hydrogens (tertiary/aromatic N) is 4. The topological polar surface area (TPSA) is 59.0 Å². The predicted molar refractivity (Wildman–Crippen MR) is 129 cm³/mol. The Kier molecular flexibility index (Phi) is 6.08. The lowest BCUT2D eigenvalue weighted by Gasteiger charge is -2.28. The van der Waals surface area contributed by atoms with Gasteiger partial charge in [0.1, 0.15) is 5.65 Å². The van der Waals surface area contributed by atoms with E-state index in [1.165, 1.54) is 6.07 Å². The van der Waals surface area contributed by atoms with Crippen molar-refractivity contribution in [2.45, 2.75) is 38.7 Å². The second-order valence-corrected chi connectivity index (χ2v) is 8.94. The molecule has 0 saturated carbocycles. The molecule has 0 unspecified atom stereocenters. The van der Waals surface area contributed by atoms with Crippen molar-refractivity contribution in [3.8, 4) is 28.1 Å². The molecule has 0 amide bonds. The van der Waals surface area contributed by atoms with Crippen molar-refractivity contribution in [2.75, 3.05) is 27.2 Å². The molecular formula is C26H29F2N5O. The largest absolute Gasteiger partial charge is 0.479 e. The first-order valence-electron chi connectivity index (χ1n) is 11.7. The van der Waals surface area contributed by atoms with Crippen LogP contribution < -0.4 is 4.74 Å². The molecule has 1 aliphatic rings. The Balaban J connectivity index is 1.60. The Morgan fingerprint density at radius 3 is 2.68 bits per heavy atom. The number of benzene rings is 1. The normalized spacial score (nSPS) is 15.5. The molecule has 1 aromatic carbocycles. The third kappa shape index (κ3) is 4.07. The number of nitrogens with one attached hydrogen (secondary N) is 1. The molecule has 0 aliphatic carbocycles. The summed E-state index contributed by atoms with van der Waals surface area (Å²) in [5.41, 5.74) is 5.16. The van der Waals surface area contributed by atoms with Crippen LogP contribution in [-0.2, 0) is 6.42 Å². The van der Waals surface area contributed by atoms with E-state index in [0.29, 0.717) is 11.9 Å². The molecule has 1 N–H and O–H groups in total. The number of fused-ring (bicyclic) bond motifs is 1. The minimum Gasteiger partial charge on any atom is -0.479 e. The SMILES string of the molecule is CCc1[nH]c2ncc(-c3cn(C4CCN(C)CC4)nc3OC)cc2c1-c1cccc(C(F)F)c1. The van der Waals surface area contributed by atoms with E-state index >= 15 is 0 Å². The number of methoxy groups -OCH3 is 1. The fraction of sp³-hybridized carbons (Fsp3) is 0.385. The number of likely N-dealkylation sites (tertiary alicyclic amines) is 1. The van der Waals surface area contributed by atoms with Crippen LogP contribution in [0.1, 0.15) is 43.5 Å². The summed E-state index contributed by atoms with van der Waals surface area (Å²) in [7, 11) is 3.77. The standard InChI is InChI=1S/C26H29F2N5O/c1-4-22-23(16-6-5-7-17(12-16)24(27)28)20-13-18(14-29-25(20)30-22)21-15-33(31-26(21)34-3)19-8-10-32(2)11-9-19/h5-7,12-15,19,24H,4,8-11H2,1-3H3,(H,29,30). The van der Waals surface area contributed by atoms with Crippen LogP contribution in [0.3, 0.4) is 0 Å². The summed E-state index contributed by atoms with van der Waals surface area (Å²) in [6.45, 7) is 4.13. The van der Waals surface area contributed by atoms with Crippen molar-refractivity contribution in [1.29, 1.82) is 0 Å². The van der Waals surface area contributed by atoms with Crippen molar-refractivity contribution in [3.63, 3.8) is 0 Å². The van der Waals surface area contributed by atoms with Crippen LogP contribution >= 0.6 is 0 Å². The minimum absolute atomic E-state index is 0.0130. The first-order chi connectivity index (χ1) is 16.5. The molecule has 0 spiro atoms. The summed E-state index contributed by atoms with van der Waals surface area (Å²) in [6.07, 6.45) is 4.16. The van der Waals surface area contributed by atoms with Gasteiger partial charge in [0.15, 0.2) is 0 Å². The Labute approximate surface area is 197 Å². The predicted octanol–water partition coefficient (Wildman–Crippen LogP) is 5.87. The smallest absolute Gasteiger partial charge is 0.263 e. The van der Waals surface area contributed by atoms with E-state index in [9.17, 15) is 8.78 Å². The molecule has 1 aliphatic heterocycles. The van der Waals surface area contributed by atoms with Gasteiger partial charge >= 0.3 is 0 Å². The van der Waals surface area contributed by atoms with E-state index in [1.807, 2.05) is 30.1 Å². The molecule has 1 saturated heterocycles. The van der Waals surface area contributed by atoms with Crippen LogP contribution in [-0.4, -0.2) is 51.9 Å². The number of piperidine rings is 1. The summed E-state index contributed by atoms with van der Waals surface area (Å²) in [5.74, 6) is 0.563. The summed E-state index contributed by atoms with van der Waals surface area (Å²) in [6, 6.07) is 8.97. The van der Waals surface area contributed by atoms with Crippen LogP contribution in [0.5, 0.6) is 5.88 Å². The molecule has 6 nitrogen and oxygen atoms in total. The van der Waals surface area contributed by atoms with Crippen molar-refractivity contribution >= 4 is 11.0 Å². The van der Waals surface area contributed by atoms with E-state index in [1.54, 1.807) is 19.2 Å². The number of alkyl halides is 2. The zero-order valence-electron chi connectivity index (χ0n) is 19.7. The van der Waals surface area contributed by atoms with Gasteiger partial charge in [-0.05, 0) is 57.1 Å². The van der Waals surface area contributed by atoms with Gasteiger partial charge in [-0.3, -0.25) is 4.68 Å². The van der Waals surface area contributed by atoms with E-state index in [-0.39, 0.29) is 5.56 Å². The highest BCUT2D eigenvalue weighted by Gasteiger charge is 2.23. The van der Waals surface area contributed by atoms with Gasteiger partial charge in [0, 0.05) is 40.2 Å². The first kappa shape index (κ1) is 22.5. The maximum Gasteiger partial charge on any atom is 0.263 e. The summed E-state index contributed by atoms with van der Waals surface area (Å²) >= 11 is 0. The first-order valence-corrected chi connectivity index (χ1v) is 11.7. The van der Waals surface area contributed by atoms with E-state index < -0.39 is 6.43 Å². The number of aromatic nitrogens is 4. The second-order valence-electron chi connectivity index (χ2n) is 8.94. The fourth-order valence-electron chi connectivity index (χ4n) is 4.87. The third-order valence-electron chi connectivity index (χ3n) is 6.77. The van der Waals surface area contributed by atoms with Gasteiger partial charge in [-0.2, -0.15) is 0 Å². The molecule has 0 atom stereocenters. The van der Waals surface area contributed by atoms with Crippen molar-refractivity contribution in [2.24, 2.45) is 0 Å². The third-order valence-corrected chi connectivity index (χ3v) is 6.77. The lowest BCUT2D eigenvalue weighted by atomic mass is 9.98. The van der Waals surface area contributed by atoms with Gasteiger partial charge in [0.05, 0.1) is 18.7 Å². The van der Waals surface area contributed by atoms with Crippen molar-refractivity contribution in [1.82, 2.24) is 24.6 Å². The number of aryl methyl sites for hydroxylation is 1. The average molecular weight is 466 g/mol. The fourth-order valence-corrected chi connectivity index (χ4v) is 4.87. The molecule has 4 heterocycles. The van der Waals surface area contributed by atoms with Gasteiger partial charge in [-0.1, -0.05) is 25.1 Å². The van der Waals surface area contributed by atoms with Crippen molar-refractivity contribution < 1.29 is 13.5 Å². The van der Waals surface area contributed by atoms with Crippen LogP contribution in [0, 0.1) is 0 Å². The molecular weight excluding hydrogens is 436 g/mol. The monoisotopic (exact) mass is 465 g/mol. The number of halogens is 2. The summed E-state index contributed by atoms with van der Waals surface area (Å²) in [4.78, 5) is 10.4. The molecule has 0 radical (unpaired) electrons. The Hall–Kier alpha value is -3.26. The highest BCUT2D eigenvalue weighted by Crippen LogP contribution is 2.38. The summed E-state index contributed by atoms with van der Waals surface area (Å²) < 4.78 is 34.4. The quantitative estimate of drug-likeness (QED) is 0.387. The maximum atomic E-state index is 13.4. The highest BCUT2D eigenvalue weighted by molar-refractivity contribution is 5.98. The number of pyridine rings is 1. The number of aromatic amines is 1. The lowest BCUT2D eigenvalue weighted by Crippen LogP contribution is -2.31. The molecule has 0 bridgehead atoms.